The van der Waals surface area contributed by atoms with E-state index >= 15 is 0 Å². The molecule has 152 valence electrons. The summed E-state index contributed by atoms with van der Waals surface area (Å²) in [6.45, 7) is 3.78. The van der Waals surface area contributed by atoms with Gasteiger partial charge in [0.25, 0.3) is 5.56 Å². The van der Waals surface area contributed by atoms with Crippen LogP contribution in [0.3, 0.4) is 0 Å². The van der Waals surface area contributed by atoms with E-state index in [1.807, 2.05) is 62.4 Å². The number of nitriles is 1. The number of aromatic nitrogens is 3. The number of aromatic amines is 1. The van der Waals surface area contributed by atoms with Crippen molar-refractivity contribution in [3.8, 4) is 28.5 Å². The van der Waals surface area contributed by atoms with Crippen LogP contribution in [0.5, 0.6) is 0 Å². The smallest absolute Gasteiger partial charge is 0.270 e. The summed E-state index contributed by atoms with van der Waals surface area (Å²) >= 11 is 0. The topological polar surface area (TPSA) is 120 Å². The standard InChI is InChI=1S/C23H18N6O2/c1-14-20(15(2)31-29-14)17-10-8-16(9-11-17)13-25-28-23-26-21(18-6-4-3-5-7-18)19(12-24)22(30)27-23/h3-11,13H,1-2H3,(H2,26,27,28,30). The van der Waals surface area contributed by atoms with Crippen molar-refractivity contribution in [3.63, 3.8) is 0 Å². The van der Waals surface area contributed by atoms with E-state index in [9.17, 15) is 10.1 Å². The Balaban J connectivity index is 1.55. The van der Waals surface area contributed by atoms with E-state index in [1.165, 1.54) is 0 Å². The first-order chi connectivity index (χ1) is 15.1. The molecule has 0 unspecified atom stereocenters. The number of nitrogens with one attached hydrogen (secondary N) is 2. The number of anilines is 1. The van der Waals surface area contributed by atoms with Crippen molar-refractivity contribution in [3.05, 3.63) is 87.5 Å². The van der Waals surface area contributed by atoms with Crippen molar-refractivity contribution >= 4 is 12.2 Å². The quantitative estimate of drug-likeness (QED) is 0.379. The lowest BCUT2D eigenvalue weighted by atomic mass is 10.0. The molecule has 8 heteroatoms. The van der Waals surface area contributed by atoms with Crippen LogP contribution in [0, 0.1) is 25.2 Å². The van der Waals surface area contributed by atoms with Gasteiger partial charge >= 0.3 is 0 Å². The lowest BCUT2D eigenvalue weighted by molar-refractivity contribution is 0.393. The number of aryl methyl sites for hydroxylation is 2. The zero-order valence-corrected chi connectivity index (χ0v) is 16.9. The molecule has 0 aliphatic heterocycles. The number of benzene rings is 2. The van der Waals surface area contributed by atoms with Crippen LogP contribution in [0.25, 0.3) is 22.4 Å². The summed E-state index contributed by atoms with van der Waals surface area (Å²) in [5.74, 6) is 0.914. The van der Waals surface area contributed by atoms with E-state index in [1.54, 1.807) is 18.3 Å². The first-order valence-corrected chi connectivity index (χ1v) is 9.49. The number of rotatable bonds is 5. The van der Waals surface area contributed by atoms with E-state index in [4.69, 9.17) is 4.52 Å². The third-order valence-corrected chi connectivity index (χ3v) is 4.70. The van der Waals surface area contributed by atoms with Crippen LogP contribution in [0.15, 0.2) is 69.0 Å². The Bertz CT molecular complexity index is 1330. The highest BCUT2D eigenvalue weighted by Crippen LogP contribution is 2.26. The molecule has 0 radical (unpaired) electrons. The second-order valence-electron chi connectivity index (χ2n) is 6.81. The van der Waals surface area contributed by atoms with Gasteiger partial charge in [-0.1, -0.05) is 59.8 Å². The third kappa shape index (κ3) is 4.11. The fourth-order valence-corrected chi connectivity index (χ4v) is 3.23. The normalized spacial score (nSPS) is 10.9. The Morgan fingerprint density at radius 1 is 1.10 bits per heavy atom. The highest BCUT2D eigenvalue weighted by atomic mass is 16.5. The van der Waals surface area contributed by atoms with Gasteiger partial charge in [-0.3, -0.25) is 9.78 Å². The van der Waals surface area contributed by atoms with Crippen molar-refractivity contribution in [2.75, 3.05) is 5.43 Å². The van der Waals surface area contributed by atoms with E-state index in [0.29, 0.717) is 11.3 Å². The molecule has 0 fully saturated rings. The Kier molecular flexibility index (Phi) is 5.41. The van der Waals surface area contributed by atoms with Crippen molar-refractivity contribution in [2.45, 2.75) is 13.8 Å². The molecule has 0 bridgehead atoms. The largest absolute Gasteiger partial charge is 0.361 e. The summed E-state index contributed by atoms with van der Waals surface area (Å²) in [6, 6.07) is 18.7. The number of nitrogens with zero attached hydrogens (tertiary/aromatic N) is 4. The first-order valence-electron chi connectivity index (χ1n) is 9.49. The van der Waals surface area contributed by atoms with Gasteiger partial charge in [-0.2, -0.15) is 10.4 Å². The minimum absolute atomic E-state index is 0.0457. The maximum Gasteiger partial charge on any atom is 0.270 e. The van der Waals surface area contributed by atoms with Crippen LogP contribution in [0.4, 0.5) is 5.95 Å². The van der Waals surface area contributed by atoms with E-state index in [2.05, 4.69) is 25.7 Å². The Morgan fingerprint density at radius 3 is 2.48 bits per heavy atom. The van der Waals surface area contributed by atoms with Crippen molar-refractivity contribution in [1.29, 1.82) is 5.26 Å². The molecule has 2 aromatic carbocycles. The fourth-order valence-electron chi connectivity index (χ4n) is 3.23. The van der Waals surface area contributed by atoms with E-state index < -0.39 is 5.56 Å². The van der Waals surface area contributed by atoms with Gasteiger partial charge in [0.15, 0.2) is 0 Å². The van der Waals surface area contributed by atoms with Crippen molar-refractivity contribution in [1.82, 2.24) is 15.1 Å². The summed E-state index contributed by atoms with van der Waals surface area (Å²) in [5.41, 5.74) is 6.80. The minimum Gasteiger partial charge on any atom is -0.361 e. The molecule has 0 saturated heterocycles. The second kappa shape index (κ2) is 8.47. The molecule has 0 amide bonds. The van der Waals surface area contributed by atoms with Crippen molar-refractivity contribution < 1.29 is 4.52 Å². The van der Waals surface area contributed by atoms with Gasteiger partial charge in [0.05, 0.1) is 17.6 Å². The molecule has 2 heterocycles. The summed E-state index contributed by atoms with van der Waals surface area (Å²) in [5, 5.41) is 17.5. The molecule has 0 atom stereocenters. The van der Waals surface area contributed by atoms with Crippen LogP contribution >= 0.6 is 0 Å². The lowest BCUT2D eigenvalue weighted by Gasteiger charge is -2.06. The van der Waals surface area contributed by atoms with Crippen molar-refractivity contribution in [2.24, 2.45) is 5.10 Å². The van der Waals surface area contributed by atoms with Gasteiger partial charge in [-0.15, -0.1) is 0 Å². The molecule has 4 aromatic rings. The zero-order valence-electron chi connectivity index (χ0n) is 16.9. The molecule has 0 saturated carbocycles. The number of hydrogen-bond donors (Lipinski definition) is 2. The summed E-state index contributed by atoms with van der Waals surface area (Å²) in [7, 11) is 0. The molecular formula is C23H18N6O2. The lowest BCUT2D eigenvalue weighted by Crippen LogP contribution is -2.16. The molecule has 2 aromatic heterocycles. The van der Waals surface area contributed by atoms with Gasteiger partial charge in [0, 0.05) is 11.1 Å². The summed E-state index contributed by atoms with van der Waals surface area (Å²) < 4.78 is 5.22. The Morgan fingerprint density at radius 2 is 1.84 bits per heavy atom. The van der Waals surface area contributed by atoms with Crippen LogP contribution in [-0.2, 0) is 0 Å². The van der Waals surface area contributed by atoms with Crippen LogP contribution in [-0.4, -0.2) is 21.3 Å². The molecule has 0 spiro atoms. The number of hydrazone groups is 1. The predicted octanol–water partition coefficient (Wildman–Crippen LogP) is 4.03. The van der Waals surface area contributed by atoms with E-state index in [-0.39, 0.29) is 11.5 Å². The summed E-state index contributed by atoms with van der Waals surface area (Å²) in [4.78, 5) is 19.2. The maximum absolute atomic E-state index is 12.3. The third-order valence-electron chi connectivity index (χ3n) is 4.70. The molecule has 0 aliphatic rings. The Labute approximate surface area is 177 Å². The molecule has 31 heavy (non-hydrogen) atoms. The van der Waals surface area contributed by atoms with Gasteiger partial charge < -0.3 is 4.52 Å². The van der Waals surface area contributed by atoms with E-state index in [0.717, 1.165) is 28.1 Å². The molecule has 0 aliphatic carbocycles. The fraction of sp³-hybridized carbons (Fsp3) is 0.0870. The highest BCUT2D eigenvalue weighted by Gasteiger charge is 2.13. The summed E-state index contributed by atoms with van der Waals surface area (Å²) in [6.07, 6.45) is 1.61. The zero-order chi connectivity index (χ0) is 21.8. The molecular weight excluding hydrogens is 392 g/mol. The second-order valence-corrected chi connectivity index (χ2v) is 6.81. The van der Waals surface area contributed by atoms with Crippen LogP contribution in [0.1, 0.15) is 22.6 Å². The number of H-pyrrole nitrogens is 1. The minimum atomic E-state index is -0.530. The SMILES string of the molecule is Cc1noc(C)c1-c1ccc(C=NNc2nc(-c3ccccc3)c(C#N)c(=O)[nH]2)cc1. The Hall–Kier alpha value is -4.51. The van der Waals surface area contributed by atoms with Crippen LogP contribution < -0.4 is 11.0 Å². The van der Waals surface area contributed by atoms with Gasteiger partial charge in [0.1, 0.15) is 17.4 Å². The van der Waals surface area contributed by atoms with Crippen LogP contribution in [0.2, 0.25) is 0 Å². The first kappa shape index (κ1) is 19.8. The molecule has 4 rings (SSSR count). The van der Waals surface area contributed by atoms with Gasteiger partial charge in [-0.05, 0) is 25.0 Å². The highest BCUT2D eigenvalue weighted by molar-refractivity contribution is 5.81. The average molecular weight is 410 g/mol. The molecule has 2 N–H and O–H groups in total. The molecule has 8 nitrogen and oxygen atoms in total. The predicted molar refractivity (Wildman–Crippen MR) is 118 cm³/mol. The number of hydrogen-bond acceptors (Lipinski definition) is 7. The maximum atomic E-state index is 12.3. The monoisotopic (exact) mass is 410 g/mol. The van der Waals surface area contributed by atoms with Gasteiger partial charge in [0.2, 0.25) is 5.95 Å². The average Bonchev–Trinajstić information content (AvgIpc) is 3.12. The van der Waals surface area contributed by atoms with Gasteiger partial charge in [-0.25, -0.2) is 10.4 Å².